The molecule has 0 saturated heterocycles. The average molecular weight is 235 g/mol. The molecule has 17 heavy (non-hydrogen) atoms. The predicted molar refractivity (Wildman–Crippen MR) is 68.9 cm³/mol. The van der Waals surface area contributed by atoms with Crippen LogP contribution in [0.2, 0.25) is 0 Å². The van der Waals surface area contributed by atoms with Crippen LogP contribution in [0.25, 0.3) is 0 Å². The highest BCUT2D eigenvalue weighted by Gasteiger charge is 2.25. The summed E-state index contributed by atoms with van der Waals surface area (Å²) in [6.07, 6.45) is 1.75. The molecule has 3 heteroatoms. The van der Waals surface area contributed by atoms with Gasteiger partial charge in [0.2, 0.25) is 0 Å². The Morgan fingerprint density at radius 3 is 2.76 bits per heavy atom. The summed E-state index contributed by atoms with van der Waals surface area (Å²) in [6.45, 7) is 6.89. The van der Waals surface area contributed by atoms with Crippen molar-refractivity contribution in [3.05, 3.63) is 22.8 Å². The van der Waals surface area contributed by atoms with Crippen LogP contribution in [0, 0.1) is 6.92 Å². The molecular weight excluding hydrogens is 214 g/mol. The van der Waals surface area contributed by atoms with Gasteiger partial charge in [0.15, 0.2) is 0 Å². The Balaban J connectivity index is 2.48. The van der Waals surface area contributed by atoms with Crippen molar-refractivity contribution in [1.82, 2.24) is 0 Å². The summed E-state index contributed by atoms with van der Waals surface area (Å²) in [5.74, 6) is 1.96. The van der Waals surface area contributed by atoms with Crippen LogP contribution >= 0.6 is 0 Å². The number of hydrogen-bond donors (Lipinski definition) is 1. The molecule has 0 aliphatic carbocycles. The maximum atomic E-state index is 6.10. The van der Waals surface area contributed by atoms with Gasteiger partial charge in [0.25, 0.3) is 0 Å². The van der Waals surface area contributed by atoms with Gasteiger partial charge in [-0.25, -0.2) is 0 Å². The van der Waals surface area contributed by atoms with E-state index in [1.165, 1.54) is 11.1 Å². The van der Waals surface area contributed by atoms with Crippen molar-refractivity contribution >= 4 is 0 Å². The molecule has 0 spiro atoms. The van der Waals surface area contributed by atoms with Crippen molar-refractivity contribution in [2.75, 3.05) is 13.7 Å². The number of ether oxygens (including phenoxy) is 2. The first kappa shape index (κ1) is 12.2. The topological polar surface area (TPSA) is 44.5 Å². The van der Waals surface area contributed by atoms with Crippen LogP contribution in [0.15, 0.2) is 6.07 Å². The number of rotatable bonds is 3. The molecule has 1 aromatic carbocycles. The zero-order valence-electron chi connectivity index (χ0n) is 11.1. The number of hydrogen-bond acceptors (Lipinski definition) is 3. The molecule has 1 heterocycles. The minimum Gasteiger partial charge on any atom is -0.496 e. The third-order valence-corrected chi connectivity index (χ3v) is 3.04. The lowest BCUT2D eigenvalue weighted by molar-refractivity contribution is 0.350. The van der Waals surface area contributed by atoms with Gasteiger partial charge in [0.1, 0.15) is 11.5 Å². The largest absolute Gasteiger partial charge is 0.496 e. The molecule has 2 N–H and O–H groups in total. The molecule has 94 valence electrons. The Morgan fingerprint density at radius 2 is 2.18 bits per heavy atom. The van der Waals surface area contributed by atoms with Crippen molar-refractivity contribution in [3.8, 4) is 11.5 Å². The van der Waals surface area contributed by atoms with Crippen LogP contribution in [-0.4, -0.2) is 19.3 Å². The maximum absolute atomic E-state index is 6.10. The fourth-order valence-electron chi connectivity index (χ4n) is 2.50. The normalized spacial score (nSPS) is 14.4. The highest BCUT2D eigenvalue weighted by Crippen LogP contribution is 2.40. The van der Waals surface area contributed by atoms with Crippen molar-refractivity contribution in [1.29, 1.82) is 0 Å². The third kappa shape index (κ3) is 2.39. The minimum atomic E-state index is -0.221. The van der Waals surface area contributed by atoms with Gasteiger partial charge >= 0.3 is 0 Å². The molecule has 2 rings (SSSR count). The smallest absolute Gasteiger partial charge is 0.129 e. The molecule has 1 aliphatic heterocycles. The van der Waals surface area contributed by atoms with E-state index in [1.54, 1.807) is 7.11 Å². The quantitative estimate of drug-likeness (QED) is 0.873. The molecule has 3 nitrogen and oxygen atoms in total. The lowest BCUT2D eigenvalue weighted by Gasteiger charge is -2.21. The van der Waals surface area contributed by atoms with Gasteiger partial charge in [0.05, 0.1) is 13.7 Å². The molecule has 0 saturated carbocycles. The number of methoxy groups -OCH3 is 1. The molecule has 0 fully saturated rings. The number of benzene rings is 1. The van der Waals surface area contributed by atoms with E-state index < -0.39 is 0 Å². The maximum Gasteiger partial charge on any atom is 0.129 e. The highest BCUT2D eigenvalue weighted by molar-refractivity contribution is 5.56. The summed E-state index contributed by atoms with van der Waals surface area (Å²) in [6, 6.07) is 2.14. The Labute approximate surface area is 103 Å². The number of aryl methyl sites for hydroxylation is 1. The molecule has 0 unspecified atom stereocenters. The molecule has 0 amide bonds. The first-order chi connectivity index (χ1) is 7.92. The van der Waals surface area contributed by atoms with Crippen LogP contribution in [0.5, 0.6) is 11.5 Å². The van der Waals surface area contributed by atoms with Crippen molar-refractivity contribution < 1.29 is 9.47 Å². The van der Waals surface area contributed by atoms with Gasteiger partial charge in [0, 0.05) is 17.5 Å². The van der Waals surface area contributed by atoms with E-state index >= 15 is 0 Å². The predicted octanol–water partition coefficient (Wildman–Crippen LogP) is 2.22. The zero-order chi connectivity index (χ0) is 12.6. The number of fused-ring (bicyclic) bond motifs is 1. The standard InChI is InChI=1S/C14H21NO2/c1-9-7-10(8-14(2,3)15)13-11(5-6-17-13)12(9)16-4/h7H,5-6,8,15H2,1-4H3. The minimum absolute atomic E-state index is 0.221. The molecule has 1 aromatic rings. The zero-order valence-corrected chi connectivity index (χ0v) is 11.1. The molecule has 0 aromatic heterocycles. The second kappa shape index (κ2) is 4.22. The molecule has 0 bridgehead atoms. The van der Waals surface area contributed by atoms with Gasteiger partial charge in [-0.15, -0.1) is 0 Å². The van der Waals surface area contributed by atoms with E-state index in [0.717, 1.165) is 36.5 Å². The highest BCUT2D eigenvalue weighted by atomic mass is 16.5. The van der Waals surface area contributed by atoms with Crippen LogP contribution in [0.3, 0.4) is 0 Å². The van der Waals surface area contributed by atoms with Crippen molar-refractivity contribution in [3.63, 3.8) is 0 Å². The fraction of sp³-hybridized carbons (Fsp3) is 0.571. The van der Waals surface area contributed by atoms with Gasteiger partial charge < -0.3 is 15.2 Å². The Kier molecular flexibility index (Phi) is 3.04. The average Bonchev–Trinajstić information content (AvgIpc) is 2.64. The molecule has 0 atom stereocenters. The summed E-state index contributed by atoms with van der Waals surface area (Å²) in [4.78, 5) is 0. The van der Waals surface area contributed by atoms with E-state index in [9.17, 15) is 0 Å². The van der Waals surface area contributed by atoms with Crippen LogP contribution in [-0.2, 0) is 12.8 Å². The lowest BCUT2D eigenvalue weighted by atomic mass is 9.92. The Morgan fingerprint density at radius 1 is 1.47 bits per heavy atom. The third-order valence-electron chi connectivity index (χ3n) is 3.04. The van der Waals surface area contributed by atoms with E-state index in [0.29, 0.717) is 0 Å². The van der Waals surface area contributed by atoms with Gasteiger partial charge in [-0.1, -0.05) is 0 Å². The second-order valence-corrected chi connectivity index (χ2v) is 5.46. The van der Waals surface area contributed by atoms with Gasteiger partial charge in [-0.05, 0) is 44.4 Å². The monoisotopic (exact) mass is 235 g/mol. The summed E-state index contributed by atoms with van der Waals surface area (Å²) in [5.41, 5.74) is 9.44. The second-order valence-electron chi connectivity index (χ2n) is 5.46. The van der Waals surface area contributed by atoms with E-state index in [4.69, 9.17) is 15.2 Å². The molecule has 0 radical (unpaired) electrons. The fourth-order valence-corrected chi connectivity index (χ4v) is 2.50. The lowest BCUT2D eigenvalue weighted by Crippen LogP contribution is -2.34. The van der Waals surface area contributed by atoms with Gasteiger partial charge in [-0.3, -0.25) is 0 Å². The van der Waals surface area contributed by atoms with Crippen LogP contribution < -0.4 is 15.2 Å². The summed E-state index contributed by atoms with van der Waals surface area (Å²) in [5, 5.41) is 0. The van der Waals surface area contributed by atoms with Crippen molar-refractivity contribution in [2.24, 2.45) is 5.73 Å². The molecule has 1 aliphatic rings. The van der Waals surface area contributed by atoms with Crippen LogP contribution in [0.1, 0.15) is 30.5 Å². The van der Waals surface area contributed by atoms with Crippen LogP contribution in [0.4, 0.5) is 0 Å². The van der Waals surface area contributed by atoms with E-state index in [2.05, 4.69) is 13.0 Å². The summed E-state index contributed by atoms with van der Waals surface area (Å²) in [7, 11) is 1.72. The van der Waals surface area contributed by atoms with Crippen molar-refractivity contribution in [2.45, 2.75) is 39.2 Å². The number of nitrogens with two attached hydrogens (primary N) is 1. The molecular formula is C14H21NO2. The summed E-state index contributed by atoms with van der Waals surface area (Å²) < 4.78 is 11.2. The van der Waals surface area contributed by atoms with E-state index in [-0.39, 0.29) is 5.54 Å². The first-order valence-corrected chi connectivity index (χ1v) is 6.03. The van der Waals surface area contributed by atoms with E-state index in [1.807, 2.05) is 13.8 Å². The first-order valence-electron chi connectivity index (χ1n) is 6.03. The summed E-state index contributed by atoms with van der Waals surface area (Å²) >= 11 is 0. The Bertz CT molecular complexity index is 433. The SMILES string of the molecule is COc1c(C)cc(CC(C)(C)N)c2c1CCO2. The Hall–Kier alpha value is -1.22. The van der Waals surface area contributed by atoms with Gasteiger partial charge in [-0.2, -0.15) is 0 Å².